The third-order valence-electron chi connectivity index (χ3n) is 4.24. The largest absolute Gasteiger partial charge is 0.357 e. The molecule has 2 N–H and O–H groups in total. The molecule has 0 saturated carbocycles. The molecule has 0 bridgehead atoms. The monoisotopic (exact) mass is 524 g/mol. The molecular weight excluding hydrogens is 495 g/mol. The topological polar surface area (TPSA) is 67.1 Å². The second-order valence-corrected chi connectivity index (χ2v) is 7.76. The van der Waals surface area contributed by atoms with E-state index in [0.29, 0.717) is 12.5 Å². The number of aliphatic imine (C=N–C) groups is 1. The van der Waals surface area contributed by atoms with Crippen LogP contribution in [0, 0.1) is 0 Å². The van der Waals surface area contributed by atoms with Gasteiger partial charge in [-0.05, 0) is 37.0 Å². The maximum absolute atomic E-state index is 4.66. The minimum atomic E-state index is 0. The van der Waals surface area contributed by atoms with Gasteiger partial charge in [0, 0.05) is 24.7 Å². The van der Waals surface area contributed by atoms with Gasteiger partial charge < -0.3 is 10.6 Å². The van der Waals surface area contributed by atoms with Crippen molar-refractivity contribution in [3.63, 3.8) is 0 Å². The predicted molar refractivity (Wildman–Crippen MR) is 132 cm³/mol. The number of guanidine groups is 1. The van der Waals surface area contributed by atoms with Crippen LogP contribution in [0.25, 0.3) is 5.69 Å². The molecule has 2 aromatic heterocycles. The molecule has 0 spiro atoms. The molecule has 1 aromatic carbocycles. The first kappa shape index (κ1) is 23.3. The van der Waals surface area contributed by atoms with Crippen LogP contribution in [0.4, 0.5) is 0 Å². The lowest BCUT2D eigenvalue weighted by Crippen LogP contribution is -2.38. The Morgan fingerprint density at radius 2 is 2.00 bits per heavy atom. The van der Waals surface area contributed by atoms with Crippen molar-refractivity contribution >= 4 is 41.3 Å². The molecule has 0 aliphatic heterocycles. The lowest BCUT2D eigenvalue weighted by molar-refractivity contribution is 0.793. The van der Waals surface area contributed by atoms with Crippen molar-refractivity contribution in [2.24, 2.45) is 4.99 Å². The summed E-state index contributed by atoms with van der Waals surface area (Å²) in [5.74, 6) is 1.27. The zero-order chi connectivity index (χ0) is 19.8. The molecule has 6 nitrogen and oxygen atoms in total. The summed E-state index contributed by atoms with van der Waals surface area (Å²) in [4.78, 5) is 9.31. The maximum Gasteiger partial charge on any atom is 0.191 e. The first-order valence-electron chi connectivity index (χ1n) is 9.71. The quantitative estimate of drug-likeness (QED) is 0.261. The molecule has 2 heterocycles. The minimum absolute atomic E-state index is 0. The Morgan fingerprint density at radius 1 is 1.21 bits per heavy atom. The number of hydrogen-bond acceptors (Lipinski definition) is 4. The lowest BCUT2D eigenvalue weighted by atomic mass is 10.2. The van der Waals surface area contributed by atoms with Crippen molar-refractivity contribution in [3.05, 3.63) is 64.4 Å². The number of nitrogens with one attached hydrogen (secondary N) is 2. The van der Waals surface area contributed by atoms with E-state index in [0.717, 1.165) is 41.9 Å². The van der Waals surface area contributed by atoms with E-state index in [2.05, 4.69) is 58.1 Å². The Labute approximate surface area is 193 Å². The van der Waals surface area contributed by atoms with E-state index in [9.17, 15) is 0 Å². The molecule has 156 valence electrons. The molecule has 0 aliphatic carbocycles. The second kappa shape index (κ2) is 11.9. The Balaban J connectivity index is 0.00000300. The number of aromatic nitrogens is 3. The molecule has 0 atom stereocenters. The highest BCUT2D eigenvalue weighted by molar-refractivity contribution is 14.0. The summed E-state index contributed by atoms with van der Waals surface area (Å²) >= 11 is 1.67. The number of rotatable bonds is 8. The Hall–Kier alpha value is -1.94. The third kappa shape index (κ3) is 7.11. The van der Waals surface area contributed by atoms with Crippen molar-refractivity contribution < 1.29 is 0 Å². The van der Waals surface area contributed by atoms with Crippen LogP contribution in [0.15, 0.2) is 53.1 Å². The van der Waals surface area contributed by atoms with Crippen LogP contribution in [0.1, 0.15) is 43.0 Å². The minimum Gasteiger partial charge on any atom is -0.357 e. The van der Waals surface area contributed by atoms with E-state index in [1.165, 1.54) is 5.56 Å². The van der Waals surface area contributed by atoms with Gasteiger partial charge in [0.05, 0.1) is 24.1 Å². The molecule has 29 heavy (non-hydrogen) atoms. The van der Waals surface area contributed by atoms with Gasteiger partial charge in [-0.3, -0.25) is 0 Å². The predicted octanol–water partition coefficient (Wildman–Crippen LogP) is 4.37. The SMILES string of the molecule is CCNC(=NCc1nc(C(C)C)cs1)NCCc1cnn(-c2ccccc2)c1.I. The fourth-order valence-corrected chi connectivity index (χ4v) is 3.57. The summed E-state index contributed by atoms with van der Waals surface area (Å²) in [6.45, 7) is 8.61. The average Bonchev–Trinajstić information content (AvgIpc) is 3.37. The van der Waals surface area contributed by atoms with Gasteiger partial charge >= 0.3 is 0 Å². The van der Waals surface area contributed by atoms with E-state index >= 15 is 0 Å². The number of nitrogens with zero attached hydrogens (tertiary/aromatic N) is 4. The Bertz CT molecular complexity index is 887. The summed E-state index contributed by atoms with van der Waals surface area (Å²) in [6, 6.07) is 10.1. The van der Waals surface area contributed by atoms with Crippen LogP contribution < -0.4 is 10.6 Å². The standard InChI is InChI=1S/C21H28N6S.HI/c1-4-22-21(24-13-20-26-19(15-28-20)16(2)3)23-11-10-17-12-25-27(14-17)18-8-6-5-7-9-18;/h5-9,12,14-16H,4,10-11,13H2,1-3H3,(H2,22,23,24);1H. The third-order valence-corrected chi connectivity index (χ3v) is 5.09. The van der Waals surface area contributed by atoms with E-state index in [4.69, 9.17) is 0 Å². The van der Waals surface area contributed by atoms with Crippen LogP contribution >= 0.6 is 35.3 Å². The lowest BCUT2D eigenvalue weighted by Gasteiger charge is -2.10. The molecular formula is C21H29IN6S. The fraction of sp³-hybridized carbons (Fsp3) is 0.381. The van der Waals surface area contributed by atoms with Crippen molar-refractivity contribution in [3.8, 4) is 5.69 Å². The summed E-state index contributed by atoms with van der Waals surface area (Å²) < 4.78 is 1.91. The number of para-hydroxylation sites is 1. The van der Waals surface area contributed by atoms with Crippen LogP contribution in [0.2, 0.25) is 0 Å². The number of halogens is 1. The molecule has 0 fully saturated rings. The summed E-state index contributed by atoms with van der Waals surface area (Å²) in [5, 5.41) is 14.3. The number of thiazole rings is 1. The molecule has 3 aromatic rings. The molecule has 0 saturated heterocycles. The van der Waals surface area contributed by atoms with Gasteiger partial charge in [-0.15, -0.1) is 35.3 Å². The zero-order valence-corrected chi connectivity index (χ0v) is 20.3. The van der Waals surface area contributed by atoms with Crippen molar-refractivity contribution in [1.29, 1.82) is 0 Å². The van der Waals surface area contributed by atoms with Gasteiger partial charge in [0.15, 0.2) is 5.96 Å². The van der Waals surface area contributed by atoms with Gasteiger partial charge in [-0.1, -0.05) is 32.0 Å². The molecule has 0 unspecified atom stereocenters. The summed E-state index contributed by atoms with van der Waals surface area (Å²) in [7, 11) is 0. The van der Waals surface area contributed by atoms with E-state index < -0.39 is 0 Å². The second-order valence-electron chi connectivity index (χ2n) is 6.82. The van der Waals surface area contributed by atoms with E-state index in [1.807, 2.05) is 41.2 Å². The normalized spacial score (nSPS) is 11.4. The number of hydrogen-bond donors (Lipinski definition) is 2. The van der Waals surface area contributed by atoms with E-state index in [-0.39, 0.29) is 24.0 Å². The van der Waals surface area contributed by atoms with Gasteiger partial charge in [0.1, 0.15) is 5.01 Å². The molecule has 3 rings (SSSR count). The molecule has 0 amide bonds. The Kier molecular flexibility index (Phi) is 9.59. The van der Waals surface area contributed by atoms with Crippen LogP contribution in [-0.2, 0) is 13.0 Å². The molecule has 0 aliphatic rings. The summed E-state index contributed by atoms with van der Waals surface area (Å²) in [5.41, 5.74) is 3.40. The highest BCUT2D eigenvalue weighted by atomic mass is 127. The van der Waals surface area contributed by atoms with Gasteiger partial charge in [0.25, 0.3) is 0 Å². The van der Waals surface area contributed by atoms with Gasteiger partial charge in [-0.2, -0.15) is 5.10 Å². The van der Waals surface area contributed by atoms with Crippen LogP contribution in [-0.4, -0.2) is 33.8 Å². The summed E-state index contributed by atoms with van der Waals surface area (Å²) in [6.07, 6.45) is 4.87. The first-order valence-corrected chi connectivity index (χ1v) is 10.6. The highest BCUT2D eigenvalue weighted by Gasteiger charge is 2.06. The fourth-order valence-electron chi connectivity index (χ4n) is 2.69. The van der Waals surface area contributed by atoms with Crippen molar-refractivity contribution in [2.45, 2.75) is 39.7 Å². The zero-order valence-electron chi connectivity index (χ0n) is 17.1. The first-order chi connectivity index (χ1) is 13.7. The molecule has 8 heteroatoms. The van der Waals surface area contributed by atoms with Crippen LogP contribution in [0.5, 0.6) is 0 Å². The van der Waals surface area contributed by atoms with Gasteiger partial charge in [0.2, 0.25) is 0 Å². The highest BCUT2D eigenvalue weighted by Crippen LogP contribution is 2.18. The van der Waals surface area contributed by atoms with Crippen LogP contribution in [0.3, 0.4) is 0 Å². The Morgan fingerprint density at radius 3 is 2.69 bits per heavy atom. The van der Waals surface area contributed by atoms with Crippen molar-refractivity contribution in [2.75, 3.05) is 13.1 Å². The smallest absolute Gasteiger partial charge is 0.191 e. The van der Waals surface area contributed by atoms with Crippen molar-refractivity contribution in [1.82, 2.24) is 25.4 Å². The molecule has 0 radical (unpaired) electrons. The van der Waals surface area contributed by atoms with Gasteiger partial charge in [-0.25, -0.2) is 14.7 Å². The van der Waals surface area contributed by atoms with E-state index in [1.54, 1.807) is 11.3 Å². The number of benzene rings is 1. The average molecular weight is 524 g/mol. The maximum atomic E-state index is 4.66.